The molecule has 0 spiro atoms. The summed E-state index contributed by atoms with van der Waals surface area (Å²) < 4.78 is 7.56. The molecule has 2 bridgehead atoms. The van der Waals surface area contributed by atoms with Crippen LogP contribution in [0, 0.1) is 5.92 Å². The van der Waals surface area contributed by atoms with E-state index < -0.39 is 11.6 Å². The molecule has 0 aromatic heterocycles. The minimum absolute atomic E-state index is 0.0270. The summed E-state index contributed by atoms with van der Waals surface area (Å²) in [6.07, 6.45) is 6.19. The summed E-state index contributed by atoms with van der Waals surface area (Å²) in [5, 5.41) is 10.8. The standard InChI is InChI=1S/C30H41N2O3/c1-30(26-13-7-3-8-14-26,31-18-9-4-10-19-31)29(34)35-28-23-32(20-15-25(28)16-21-32)22-17-27(33)24-11-5-2-6-12-24/h2-3,5-8,11-14,25,27-28,33H,4,9-10,15-23H2,1H3/q+1/p+1/t25?,27-,28+,30+,32?/m1/s1. The maximum Gasteiger partial charge on any atom is 0.508 e. The van der Waals surface area contributed by atoms with E-state index in [1.807, 2.05) is 36.4 Å². The zero-order valence-corrected chi connectivity index (χ0v) is 21.2. The number of rotatable bonds is 8. The fourth-order valence-corrected chi connectivity index (χ4v) is 6.71. The minimum atomic E-state index is -0.637. The van der Waals surface area contributed by atoms with Crippen molar-refractivity contribution in [2.75, 3.05) is 39.3 Å². The zero-order chi connectivity index (χ0) is 24.3. The quantitative estimate of drug-likeness (QED) is 0.342. The number of esters is 1. The molecule has 4 heterocycles. The number of hydrogen-bond acceptors (Lipinski definition) is 3. The normalized spacial score (nSPS) is 29.3. The predicted molar refractivity (Wildman–Crippen MR) is 140 cm³/mol. The number of quaternary nitrogens is 1. The Kier molecular flexibility index (Phi) is 7.29. The van der Waals surface area contributed by atoms with E-state index in [9.17, 15) is 9.90 Å². The highest BCUT2D eigenvalue weighted by Gasteiger charge is 2.55. The molecule has 0 saturated carbocycles. The molecular weight excluding hydrogens is 436 g/mol. The van der Waals surface area contributed by atoms with Crippen molar-refractivity contribution < 1.29 is 19.1 Å². The molecule has 6 rings (SSSR count). The molecule has 0 unspecified atom stereocenters. The number of carbonyl (C=O) groups excluding carboxylic acids is 1. The molecule has 4 fully saturated rings. The third-order valence-corrected chi connectivity index (χ3v) is 9.11. The summed E-state index contributed by atoms with van der Waals surface area (Å²) >= 11 is 0. The Morgan fingerprint density at radius 3 is 2.31 bits per heavy atom. The predicted octanol–water partition coefficient (Wildman–Crippen LogP) is 4.64. The number of aliphatic hydroxyl groups is 1. The van der Waals surface area contributed by atoms with Gasteiger partial charge in [-0.15, -0.1) is 0 Å². The Morgan fingerprint density at radius 1 is 1.03 bits per heavy atom. The van der Waals surface area contributed by atoms with Crippen LogP contribution in [-0.2, 0) is 10.3 Å². The molecule has 4 aliphatic heterocycles. The van der Waals surface area contributed by atoms with Crippen LogP contribution in [0.4, 0.5) is 0 Å². The average Bonchev–Trinajstić information content (AvgIpc) is 2.93. The van der Waals surface area contributed by atoms with E-state index in [0.29, 0.717) is 5.92 Å². The van der Waals surface area contributed by atoms with Crippen LogP contribution >= 0.6 is 0 Å². The van der Waals surface area contributed by atoms with Crippen LogP contribution in [0.1, 0.15) is 62.7 Å². The first-order valence-electron chi connectivity index (χ1n) is 13.6. The first-order valence-corrected chi connectivity index (χ1v) is 13.6. The van der Waals surface area contributed by atoms with Gasteiger partial charge in [-0.2, -0.15) is 0 Å². The van der Waals surface area contributed by atoms with Crippen LogP contribution in [0.2, 0.25) is 0 Å². The first kappa shape index (κ1) is 24.5. The molecule has 2 aromatic carbocycles. The zero-order valence-electron chi connectivity index (χ0n) is 21.2. The summed E-state index contributed by atoms with van der Waals surface area (Å²) in [7, 11) is 0. The van der Waals surface area contributed by atoms with E-state index in [1.165, 1.54) is 6.42 Å². The third-order valence-electron chi connectivity index (χ3n) is 9.11. The fraction of sp³-hybridized carbons (Fsp3) is 0.567. The molecule has 4 aliphatic rings. The van der Waals surface area contributed by atoms with Crippen molar-refractivity contribution in [2.24, 2.45) is 5.92 Å². The van der Waals surface area contributed by atoms with Gasteiger partial charge in [0, 0.05) is 25.2 Å². The molecular formula is C30H42N2O3+2. The number of hydrogen-bond donors (Lipinski definition) is 1. The number of nitrogens with zero attached hydrogens (tertiary/aromatic N) is 2. The maximum absolute atomic E-state index is 11.6. The highest BCUT2D eigenvalue weighted by Crippen LogP contribution is 2.39. The SMILES string of the molecule is C[C@@](C(=[OH+])O[C@H]1C[N+]2(CC[C@@H](O)c3ccccc3)CCC1CC2)(c1ccccc1)N1CCCCC1. The van der Waals surface area contributed by atoms with Crippen molar-refractivity contribution >= 4 is 5.97 Å². The number of likely N-dealkylation sites (tertiary alicyclic amines) is 1. The van der Waals surface area contributed by atoms with Gasteiger partial charge in [0.15, 0.2) is 5.54 Å². The van der Waals surface area contributed by atoms with Crippen LogP contribution in [0.5, 0.6) is 0 Å². The van der Waals surface area contributed by atoms with Crippen LogP contribution in [0.25, 0.3) is 0 Å². The van der Waals surface area contributed by atoms with Crippen molar-refractivity contribution in [3.8, 4) is 0 Å². The topological polar surface area (TPSA) is 54.1 Å². The molecule has 5 heteroatoms. The number of fused-ring (bicyclic) bond motifs is 3. The van der Waals surface area contributed by atoms with Gasteiger partial charge in [-0.05, 0) is 44.0 Å². The van der Waals surface area contributed by atoms with Gasteiger partial charge >= 0.3 is 5.97 Å². The second-order valence-corrected chi connectivity index (χ2v) is 11.2. The second kappa shape index (κ2) is 10.4. The lowest BCUT2D eigenvalue weighted by Gasteiger charge is -2.50. The van der Waals surface area contributed by atoms with Crippen molar-refractivity contribution in [2.45, 2.75) is 63.2 Å². The fourth-order valence-electron chi connectivity index (χ4n) is 6.71. The molecule has 2 aromatic rings. The van der Waals surface area contributed by atoms with Crippen molar-refractivity contribution in [3.05, 3.63) is 71.8 Å². The Hall–Kier alpha value is -2.21. The lowest BCUT2D eigenvalue weighted by molar-refractivity contribution is -0.946. The van der Waals surface area contributed by atoms with Gasteiger partial charge in [-0.3, -0.25) is 4.90 Å². The molecule has 0 amide bonds. The monoisotopic (exact) mass is 478 g/mol. The molecule has 0 radical (unpaired) electrons. The lowest BCUT2D eigenvalue weighted by Crippen LogP contribution is -2.65. The van der Waals surface area contributed by atoms with Crippen molar-refractivity contribution in [3.63, 3.8) is 0 Å². The summed E-state index contributed by atoms with van der Waals surface area (Å²) in [6, 6.07) is 20.4. The van der Waals surface area contributed by atoms with Crippen LogP contribution in [0.15, 0.2) is 60.7 Å². The molecule has 188 valence electrons. The van der Waals surface area contributed by atoms with Gasteiger partial charge in [0.25, 0.3) is 0 Å². The van der Waals surface area contributed by atoms with Crippen molar-refractivity contribution in [1.29, 1.82) is 0 Å². The van der Waals surface area contributed by atoms with Crippen molar-refractivity contribution in [1.82, 2.24) is 4.90 Å². The molecule has 2 N–H and O–H groups in total. The molecule has 5 nitrogen and oxygen atoms in total. The van der Waals surface area contributed by atoms with Crippen LogP contribution in [0.3, 0.4) is 0 Å². The Labute approximate surface area is 210 Å². The van der Waals surface area contributed by atoms with E-state index in [2.05, 4.69) is 36.1 Å². The van der Waals surface area contributed by atoms with E-state index in [1.54, 1.807) is 0 Å². The van der Waals surface area contributed by atoms with E-state index in [4.69, 9.17) is 4.74 Å². The smallest absolute Gasteiger partial charge is 0.388 e. The Morgan fingerprint density at radius 2 is 1.66 bits per heavy atom. The highest BCUT2D eigenvalue weighted by atomic mass is 16.5. The summed E-state index contributed by atoms with van der Waals surface area (Å²) in [5.74, 6) is 0.657. The summed E-state index contributed by atoms with van der Waals surface area (Å²) in [6.45, 7) is 8.25. The number of piperidine rings is 4. The van der Waals surface area contributed by atoms with E-state index >= 15 is 0 Å². The lowest BCUT2D eigenvalue weighted by atomic mass is 9.82. The number of aliphatic hydroxyl groups excluding tert-OH is 1. The summed E-state index contributed by atoms with van der Waals surface area (Å²) in [5.41, 5.74) is 1.45. The Balaban J connectivity index is 1.29. The van der Waals surface area contributed by atoms with Crippen LogP contribution in [-0.4, -0.2) is 70.6 Å². The van der Waals surface area contributed by atoms with Gasteiger partial charge in [0.2, 0.25) is 6.10 Å². The average molecular weight is 479 g/mol. The molecule has 0 aliphatic carbocycles. The first-order chi connectivity index (χ1) is 17.0. The van der Waals surface area contributed by atoms with E-state index in [0.717, 1.165) is 87.0 Å². The van der Waals surface area contributed by atoms with Crippen LogP contribution < -0.4 is 0 Å². The summed E-state index contributed by atoms with van der Waals surface area (Å²) in [4.78, 5) is 14.0. The van der Waals surface area contributed by atoms with Gasteiger partial charge in [-0.25, -0.2) is 0 Å². The Bertz CT molecular complexity index is 968. The second-order valence-electron chi connectivity index (χ2n) is 11.2. The van der Waals surface area contributed by atoms with Gasteiger partial charge in [0.05, 0.1) is 25.7 Å². The number of benzene rings is 2. The maximum atomic E-state index is 11.6. The van der Waals surface area contributed by atoms with Gasteiger partial charge in [0.1, 0.15) is 6.54 Å². The van der Waals surface area contributed by atoms with Gasteiger partial charge < -0.3 is 19.1 Å². The van der Waals surface area contributed by atoms with E-state index in [-0.39, 0.29) is 12.1 Å². The largest absolute Gasteiger partial charge is 0.508 e. The minimum Gasteiger partial charge on any atom is -0.388 e. The molecule has 3 atom stereocenters. The number of ether oxygens (including phenoxy) is 1. The molecule has 4 saturated heterocycles. The molecule has 35 heavy (non-hydrogen) atoms. The van der Waals surface area contributed by atoms with Gasteiger partial charge in [-0.1, -0.05) is 67.1 Å². The third kappa shape index (κ3) is 5.04. The highest BCUT2D eigenvalue weighted by molar-refractivity contribution is 5.83.